The molecule has 0 amide bonds. The van der Waals surface area contributed by atoms with Crippen molar-refractivity contribution in [2.75, 3.05) is 0 Å². The number of nitrogens with one attached hydrogen (secondary N) is 1. The third-order valence-electron chi connectivity index (χ3n) is 3.18. The van der Waals surface area contributed by atoms with Crippen LogP contribution in [0.3, 0.4) is 0 Å². The number of aromatic nitrogens is 3. The first-order valence-corrected chi connectivity index (χ1v) is 6.63. The van der Waals surface area contributed by atoms with Crippen molar-refractivity contribution in [2.45, 2.75) is 6.18 Å². The summed E-state index contributed by atoms with van der Waals surface area (Å²) in [5.41, 5.74) is -0.0399. The minimum atomic E-state index is -4.46. The van der Waals surface area contributed by atoms with E-state index in [0.717, 1.165) is 12.1 Å². The van der Waals surface area contributed by atoms with Crippen molar-refractivity contribution in [3.05, 3.63) is 70.8 Å². The van der Waals surface area contributed by atoms with Crippen molar-refractivity contribution in [1.29, 1.82) is 0 Å². The molecule has 23 heavy (non-hydrogen) atoms. The fourth-order valence-corrected chi connectivity index (χ4v) is 2.11. The standard InChI is InChI=1S/C16H10F3N3O/c17-16(18,19)12-3-1-2-11(8-12)15-21-13(9-14(23)22-15)10-4-6-20-7-5-10/h1-9H,(H,21,22,23). The van der Waals surface area contributed by atoms with Crippen LogP contribution in [0.15, 0.2) is 59.7 Å². The monoisotopic (exact) mass is 317 g/mol. The predicted octanol–water partition coefficient (Wildman–Crippen LogP) is 3.52. The summed E-state index contributed by atoms with van der Waals surface area (Å²) in [7, 11) is 0. The van der Waals surface area contributed by atoms with Gasteiger partial charge in [-0.3, -0.25) is 9.78 Å². The molecule has 0 aliphatic rings. The van der Waals surface area contributed by atoms with Crippen LogP contribution < -0.4 is 5.56 Å². The van der Waals surface area contributed by atoms with Gasteiger partial charge in [-0.05, 0) is 24.3 Å². The van der Waals surface area contributed by atoms with E-state index in [1.165, 1.54) is 18.2 Å². The average molecular weight is 317 g/mol. The van der Waals surface area contributed by atoms with Crippen molar-refractivity contribution in [3.63, 3.8) is 0 Å². The molecular weight excluding hydrogens is 307 g/mol. The summed E-state index contributed by atoms with van der Waals surface area (Å²) in [4.78, 5) is 22.4. The van der Waals surface area contributed by atoms with E-state index in [1.54, 1.807) is 24.5 Å². The molecule has 0 aliphatic heterocycles. The van der Waals surface area contributed by atoms with Gasteiger partial charge in [0.15, 0.2) is 0 Å². The van der Waals surface area contributed by atoms with E-state index in [2.05, 4.69) is 15.0 Å². The smallest absolute Gasteiger partial charge is 0.306 e. The molecule has 0 atom stereocenters. The van der Waals surface area contributed by atoms with Crippen LogP contribution in [0.2, 0.25) is 0 Å². The highest BCUT2D eigenvalue weighted by Crippen LogP contribution is 2.31. The Balaban J connectivity index is 2.11. The van der Waals surface area contributed by atoms with Crippen LogP contribution in [0.5, 0.6) is 0 Å². The highest BCUT2D eigenvalue weighted by atomic mass is 19.4. The van der Waals surface area contributed by atoms with Gasteiger partial charge in [0.2, 0.25) is 0 Å². The van der Waals surface area contributed by atoms with Crippen LogP contribution >= 0.6 is 0 Å². The molecule has 0 unspecified atom stereocenters. The van der Waals surface area contributed by atoms with Gasteiger partial charge in [-0.1, -0.05) is 12.1 Å². The van der Waals surface area contributed by atoms with Crippen LogP contribution in [0.25, 0.3) is 22.6 Å². The number of aromatic amines is 1. The Morgan fingerprint density at radius 1 is 0.957 bits per heavy atom. The first-order chi connectivity index (χ1) is 10.9. The van der Waals surface area contributed by atoms with Gasteiger partial charge in [0.05, 0.1) is 11.3 Å². The highest BCUT2D eigenvalue weighted by Gasteiger charge is 2.30. The summed E-state index contributed by atoms with van der Waals surface area (Å²) in [5, 5.41) is 0. The number of nitrogens with zero attached hydrogens (tertiary/aromatic N) is 2. The van der Waals surface area contributed by atoms with Gasteiger partial charge in [-0.25, -0.2) is 4.98 Å². The lowest BCUT2D eigenvalue weighted by atomic mass is 10.1. The Labute approximate surface area is 128 Å². The van der Waals surface area contributed by atoms with Gasteiger partial charge in [0.25, 0.3) is 5.56 Å². The summed E-state index contributed by atoms with van der Waals surface area (Å²) in [6, 6.07) is 9.27. The topological polar surface area (TPSA) is 58.6 Å². The molecule has 7 heteroatoms. The normalized spacial score (nSPS) is 11.4. The second-order valence-electron chi connectivity index (χ2n) is 4.79. The van der Waals surface area contributed by atoms with Gasteiger partial charge in [0.1, 0.15) is 5.82 Å². The number of pyridine rings is 1. The minimum Gasteiger partial charge on any atom is -0.306 e. The summed E-state index contributed by atoms with van der Waals surface area (Å²) in [5.74, 6) is 0.0791. The fourth-order valence-electron chi connectivity index (χ4n) is 2.11. The van der Waals surface area contributed by atoms with E-state index < -0.39 is 17.3 Å². The van der Waals surface area contributed by atoms with Crippen LogP contribution in [0.4, 0.5) is 13.2 Å². The maximum Gasteiger partial charge on any atom is 0.416 e. The van der Waals surface area contributed by atoms with E-state index in [1.807, 2.05) is 0 Å². The van der Waals surface area contributed by atoms with E-state index in [4.69, 9.17) is 0 Å². The van der Waals surface area contributed by atoms with Gasteiger partial charge in [-0.2, -0.15) is 13.2 Å². The Morgan fingerprint density at radius 2 is 1.70 bits per heavy atom. The van der Waals surface area contributed by atoms with Crippen molar-refractivity contribution in [1.82, 2.24) is 15.0 Å². The van der Waals surface area contributed by atoms with Crippen molar-refractivity contribution < 1.29 is 13.2 Å². The highest BCUT2D eigenvalue weighted by molar-refractivity contribution is 5.63. The zero-order valence-electron chi connectivity index (χ0n) is 11.6. The second kappa shape index (κ2) is 5.68. The van der Waals surface area contributed by atoms with Crippen LogP contribution in [-0.4, -0.2) is 15.0 Å². The molecule has 0 bridgehead atoms. The van der Waals surface area contributed by atoms with E-state index >= 15 is 0 Å². The molecule has 0 saturated carbocycles. The number of hydrogen-bond donors (Lipinski definition) is 1. The van der Waals surface area contributed by atoms with Crippen LogP contribution in [0.1, 0.15) is 5.56 Å². The maximum absolute atomic E-state index is 12.8. The zero-order valence-corrected chi connectivity index (χ0v) is 11.6. The molecule has 0 fully saturated rings. The summed E-state index contributed by atoms with van der Waals surface area (Å²) >= 11 is 0. The van der Waals surface area contributed by atoms with E-state index in [0.29, 0.717) is 11.3 Å². The first-order valence-electron chi connectivity index (χ1n) is 6.63. The Kier molecular flexibility index (Phi) is 3.69. The minimum absolute atomic E-state index is 0.0791. The molecule has 2 heterocycles. The summed E-state index contributed by atoms with van der Waals surface area (Å²) < 4.78 is 38.4. The van der Waals surface area contributed by atoms with Gasteiger partial charge < -0.3 is 4.98 Å². The molecule has 0 aliphatic carbocycles. The number of benzene rings is 1. The van der Waals surface area contributed by atoms with Crippen molar-refractivity contribution >= 4 is 0 Å². The summed E-state index contributed by atoms with van der Waals surface area (Å²) in [6.07, 6.45) is -1.37. The molecule has 0 saturated heterocycles. The Bertz CT molecular complexity index is 889. The number of alkyl halides is 3. The Morgan fingerprint density at radius 3 is 2.39 bits per heavy atom. The molecule has 1 N–H and O–H groups in total. The lowest BCUT2D eigenvalue weighted by molar-refractivity contribution is -0.137. The van der Waals surface area contributed by atoms with Crippen LogP contribution in [-0.2, 0) is 6.18 Å². The number of halogens is 3. The zero-order chi connectivity index (χ0) is 16.4. The predicted molar refractivity (Wildman–Crippen MR) is 78.5 cm³/mol. The molecular formula is C16H10F3N3O. The van der Waals surface area contributed by atoms with Gasteiger partial charge in [0, 0.05) is 29.6 Å². The molecule has 116 valence electrons. The summed E-state index contributed by atoms with van der Waals surface area (Å²) in [6.45, 7) is 0. The lowest BCUT2D eigenvalue weighted by Crippen LogP contribution is -2.09. The third kappa shape index (κ3) is 3.28. The first kappa shape index (κ1) is 15.0. The van der Waals surface area contributed by atoms with Crippen LogP contribution in [0, 0.1) is 0 Å². The third-order valence-corrected chi connectivity index (χ3v) is 3.18. The van der Waals surface area contributed by atoms with Gasteiger partial charge in [-0.15, -0.1) is 0 Å². The molecule has 0 spiro atoms. The molecule has 2 aromatic heterocycles. The SMILES string of the molecule is O=c1cc(-c2ccncc2)nc(-c2cccc(C(F)(F)F)c2)[nH]1. The second-order valence-corrected chi connectivity index (χ2v) is 4.79. The molecule has 1 aromatic carbocycles. The molecule has 3 rings (SSSR count). The van der Waals surface area contributed by atoms with E-state index in [9.17, 15) is 18.0 Å². The van der Waals surface area contributed by atoms with Crippen molar-refractivity contribution in [3.8, 4) is 22.6 Å². The molecule has 3 aromatic rings. The molecule has 0 radical (unpaired) electrons. The van der Waals surface area contributed by atoms with E-state index in [-0.39, 0.29) is 11.4 Å². The van der Waals surface area contributed by atoms with Crippen molar-refractivity contribution in [2.24, 2.45) is 0 Å². The maximum atomic E-state index is 12.8. The number of H-pyrrole nitrogens is 1. The average Bonchev–Trinajstić information content (AvgIpc) is 2.54. The number of hydrogen-bond acceptors (Lipinski definition) is 3. The lowest BCUT2D eigenvalue weighted by Gasteiger charge is -2.09. The molecule has 4 nitrogen and oxygen atoms in total. The Hall–Kier alpha value is -2.96. The van der Waals surface area contributed by atoms with Gasteiger partial charge >= 0.3 is 6.18 Å². The number of rotatable bonds is 2. The quantitative estimate of drug-likeness (QED) is 0.787. The largest absolute Gasteiger partial charge is 0.416 e. The fraction of sp³-hybridized carbons (Fsp3) is 0.0625.